The molecule has 1 aromatic carbocycles. The van der Waals surface area contributed by atoms with Gasteiger partial charge in [0.05, 0.1) is 17.7 Å². The highest BCUT2D eigenvalue weighted by molar-refractivity contribution is 8.24. The second-order valence-corrected chi connectivity index (χ2v) is 14.4. The van der Waals surface area contributed by atoms with Crippen LogP contribution in [-0.4, -0.2) is 91.3 Å². The third-order valence-electron chi connectivity index (χ3n) is 9.66. The van der Waals surface area contributed by atoms with Gasteiger partial charge in [0.2, 0.25) is 0 Å². The molecule has 4 fully saturated rings. The average molecular weight is 506 g/mol. The quantitative estimate of drug-likeness (QED) is 0.527. The minimum atomic E-state index is -2.42. The van der Waals surface area contributed by atoms with Gasteiger partial charge < -0.3 is 14.9 Å². The van der Waals surface area contributed by atoms with Crippen LogP contribution in [0.3, 0.4) is 0 Å². The summed E-state index contributed by atoms with van der Waals surface area (Å²) >= 11 is 0. The number of β-amino-alcohol motifs (C(OH)–C–C–N with tert-alkyl or cyclic N) is 1. The summed E-state index contributed by atoms with van der Waals surface area (Å²) in [6.45, 7) is 1.84. The number of amides is 2. The van der Waals surface area contributed by atoms with Gasteiger partial charge in [-0.2, -0.15) is 10.6 Å². The van der Waals surface area contributed by atoms with Crippen molar-refractivity contribution in [3.63, 3.8) is 0 Å². The minimum absolute atomic E-state index is 0.0419. The van der Waals surface area contributed by atoms with Gasteiger partial charge in [-0.3, -0.25) is 14.0 Å². The van der Waals surface area contributed by atoms with Crippen molar-refractivity contribution < 1.29 is 19.0 Å². The summed E-state index contributed by atoms with van der Waals surface area (Å²) in [5, 5.41) is 11.1. The molecule has 2 amide bonds. The lowest BCUT2D eigenvalue weighted by Crippen LogP contribution is -2.59. The molecular weight excluding hydrogens is 462 g/mol. The summed E-state index contributed by atoms with van der Waals surface area (Å²) in [5.41, 5.74) is 0.315. The molecule has 2 aliphatic carbocycles. The summed E-state index contributed by atoms with van der Waals surface area (Å²) in [6, 6.07) is 10.8. The first-order valence-corrected chi connectivity index (χ1v) is 15.2. The molecule has 0 unspecified atom stereocenters. The Hall–Kier alpha value is -1.32. The number of carbonyl (C=O) groups is 1. The van der Waals surface area contributed by atoms with E-state index in [1.807, 2.05) is 9.80 Å². The van der Waals surface area contributed by atoms with Gasteiger partial charge in [-0.1, -0.05) is 30.3 Å². The number of hydrogen-bond acceptors (Lipinski definition) is 5. The fourth-order valence-corrected chi connectivity index (χ4v) is 8.67. The Morgan fingerprint density at radius 3 is 2.17 bits per heavy atom. The monoisotopic (exact) mass is 505 g/mol. The Kier molecular flexibility index (Phi) is 6.67. The van der Waals surface area contributed by atoms with Crippen molar-refractivity contribution in [2.24, 2.45) is 5.92 Å². The van der Waals surface area contributed by atoms with Crippen LogP contribution in [0.1, 0.15) is 63.4 Å². The topological polar surface area (TPSA) is 87.5 Å². The number of carbonyl (C=O) groups excluding carboxylic acids is 1. The molecule has 0 aromatic heterocycles. The van der Waals surface area contributed by atoms with E-state index in [-0.39, 0.29) is 17.1 Å². The van der Waals surface area contributed by atoms with Crippen LogP contribution in [0.4, 0.5) is 4.79 Å². The zero-order valence-corrected chi connectivity index (χ0v) is 22.2. The predicted octanol–water partition coefficient (Wildman–Crippen LogP) is 4.57. The Balaban J connectivity index is 1.36. The van der Waals surface area contributed by atoms with Gasteiger partial charge in [0.25, 0.3) is 0 Å². The second-order valence-electron chi connectivity index (χ2n) is 12.0. The highest BCUT2D eigenvalue weighted by atomic mass is 32.3. The number of rotatable bonds is 6. The van der Waals surface area contributed by atoms with E-state index in [9.17, 15) is 19.0 Å². The SMILES string of the molecule is CN(C)C1(c2ccccc2)CCC2(CC1)CN(CC1CCS(O)(O)CC1)C(=O)N2CC1(O)CCC1. The Morgan fingerprint density at radius 1 is 1.00 bits per heavy atom. The maximum Gasteiger partial charge on any atom is 0.320 e. The summed E-state index contributed by atoms with van der Waals surface area (Å²) in [6.07, 6.45) is 7.91. The average Bonchev–Trinajstić information content (AvgIpc) is 3.06. The number of hydrogen-bond donors (Lipinski definition) is 3. The fourth-order valence-electron chi connectivity index (χ4n) is 7.05. The van der Waals surface area contributed by atoms with Gasteiger partial charge in [-0.05, 0) is 83.4 Å². The van der Waals surface area contributed by atoms with E-state index in [4.69, 9.17) is 0 Å². The number of aliphatic hydroxyl groups is 1. The third-order valence-corrected chi connectivity index (χ3v) is 11.4. The smallest absolute Gasteiger partial charge is 0.320 e. The highest BCUT2D eigenvalue weighted by Gasteiger charge is 2.56. The third kappa shape index (κ3) is 4.73. The maximum absolute atomic E-state index is 13.8. The van der Waals surface area contributed by atoms with Gasteiger partial charge in [0, 0.05) is 30.1 Å². The molecule has 0 radical (unpaired) electrons. The molecular formula is C27H43N3O4S. The van der Waals surface area contributed by atoms with E-state index in [0.29, 0.717) is 37.1 Å². The van der Waals surface area contributed by atoms with Crippen molar-refractivity contribution >= 4 is 16.6 Å². The van der Waals surface area contributed by atoms with E-state index >= 15 is 0 Å². The number of benzene rings is 1. The van der Waals surface area contributed by atoms with Crippen LogP contribution in [0.5, 0.6) is 0 Å². The first kappa shape index (κ1) is 25.3. The zero-order chi connectivity index (χ0) is 24.9. The summed E-state index contributed by atoms with van der Waals surface area (Å²) < 4.78 is 20.0. The summed E-state index contributed by atoms with van der Waals surface area (Å²) in [5.74, 6) is 1.23. The molecule has 3 N–H and O–H groups in total. The van der Waals surface area contributed by atoms with Gasteiger partial charge in [0.15, 0.2) is 0 Å². The van der Waals surface area contributed by atoms with E-state index in [1.165, 1.54) is 5.56 Å². The van der Waals surface area contributed by atoms with Crippen LogP contribution in [0.15, 0.2) is 30.3 Å². The fraction of sp³-hybridized carbons (Fsp3) is 0.741. The van der Waals surface area contributed by atoms with E-state index in [0.717, 1.165) is 57.8 Å². The standard InChI is InChI=1S/C27H43N3O4S/c1-28(2)27(23-7-4-3-5-8-23)15-13-25(14-16-27)20-29(19-22-9-17-35(33,34)18-10-22)24(31)30(25)21-26(32)11-6-12-26/h3-5,7-8,22,32-34H,6,9-21H2,1-2H3. The lowest BCUT2D eigenvalue weighted by Gasteiger charge is -2.52. The van der Waals surface area contributed by atoms with Crippen molar-refractivity contribution in [3.05, 3.63) is 35.9 Å². The lowest BCUT2D eigenvalue weighted by molar-refractivity contribution is -0.0725. The van der Waals surface area contributed by atoms with Crippen LogP contribution in [0.25, 0.3) is 0 Å². The number of nitrogens with zero attached hydrogens (tertiary/aromatic N) is 3. The van der Waals surface area contributed by atoms with Gasteiger partial charge in [-0.25, -0.2) is 4.79 Å². The van der Waals surface area contributed by atoms with Crippen LogP contribution in [0.2, 0.25) is 0 Å². The molecule has 2 saturated heterocycles. The molecule has 1 aromatic rings. The molecule has 8 heteroatoms. The molecule has 2 heterocycles. The van der Waals surface area contributed by atoms with Crippen molar-refractivity contribution in [2.45, 2.75) is 74.5 Å². The molecule has 0 bridgehead atoms. The lowest BCUT2D eigenvalue weighted by atomic mass is 9.67. The summed E-state index contributed by atoms with van der Waals surface area (Å²) in [7, 11) is 1.91. The van der Waals surface area contributed by atoms with Crippen LogP contribution in [0, 0.1) is 5.92 Å². The van der Waals surface area contributed by atoms with Crippen LogP contribution in [-0.2, 0) is 5.54 Å². The van der Waals surface area contributed by atoms with Crippen molar-refractivity contribution in [1.82, 2.24) is 14.7 Å². The number of urea groups is 1. The van der Waals surface area contributed by atoms with Gasteiger partial charge in [-0.15, -0.1) is 0 Å². The van der Waals surface area contributed by atoms with E-state index in [2.05, 4.69) is 49.3 Å². The van der Waals surface area contributed by atoms with Gasteiger partial charge in [0.1, 0.15) is 0 Å². The molecule has 7 nitrogen and oxygen atoms in total. The highest BCUT2D eigenvalue weighted by Crippen LogP contribution is 2.51. The molecule has 2 saturated carbocycles. The maximum atomic E-state index is 13.8. The van der Waals surface area contributed by atoms with Gasteiger partial charge >= 0.3 is 6.03 Å². The van der Waals surface area contributed by atoms with E-state index < -0.39 is 16.2 Å². The van der Waals surface area contributed by atoms with E-state index in [1.54, 1.807) is 0 Å². The molecule has 35 heavy (non-hydrogen) atoms. The van der Waals surface area contributed by atoms with Crippen molar-refractivity contribution in [1.29, 1.82) is 0 Å². The Labute approximate surface area is 211 Å². The molecule has 0 atom stereocenters. The predicted molar refractivity (Wildman–Crippen MR) is 141 cm³/mol. The first-order valence-electron chi connectivity index (χ1n) is 13.3. The molecule has 5 rings (SSSR count). The molecule has 2 aliphatic heterocycles. The first-order chi connectivity index (χ1) is 16.6. The van der Waals surface area contributed by atoms with Crippen LogP contribution < -0.4 is 0 Å². The summed E-state index contributed by atoms with van der Waals surface area (Å²) in [4.78, 5) is 20.2. The molecule has 1 spiro atoms. The van der Waals surface area contributed by atoms with Crippen molar-refractivity contribution in [3.8, 4) is 0 Å². The van der Waals surface area contributed by atoms with Crippen molar-refractivity contribution in [2.75, 3.05) is 45.2 Å². The zero-order valence-electron chi connectivity index (χ0n) is 21.4. The Bertz CT molecular complexity index is 902. The van der Waals surface area contributed by atoms with Crippen LogP contribution >= 0.6 is 10.6 Å². The molecule has 4 aliphatic rings. The Morgan fingerprint density at radius 2 is 1.63 bits per heavy atom. The second kappa shape index (κ2) is 9.21. The normalized spacial score (nSPS) is 31.1. The minimum Gasteiger partial charge on any atom is -0.388 e. The largest absolute Gasteiger partial charge is 0.388 e. The molecule has 196 valence electrons.